The highest BCUT2D eigenvalue weighted by Gasteiger charge is 2.38. The molecule has 176 valence electrons. The number of hydrogen-bond acceptors (Lipinski definition) is 6. The first kappa shape index (κ1) is 24.0. The van der Waals surface area contributed by atoms with Crippen LogP contribution in [-0.4, -0.2) is 54.3 Å². The molecule has 8 heteroatoms. The Morgan fingerprint density at radius 1 is 1.25 bits per heavy atom. The third-order valence-electron chi connectivity index (χ3n) is 6.37. The molecule has 3 atom stereocenters. The number of nitrogens with zero attached hydrogens (tertiary/aromatic N) is 1. The van der Waals surface area contributed by atoms with Crippen molar-refractivity contribution in [2.24, 2.45) is 5.92 Å². The monoisotopic (exact) mass is 446 g/mol. The minimum absolute atomic E-state index is 0.00196. The third-order valence-corrected chi connectivity index (χ3v) is 6.37. The van der Waals surface area contributed by atoms with Crippen molar-refractivity contribution in [1.29, 1.82) is 0 Å². The SMILES string of the molecule is CCOC(=O)C(CCC1CCCCC1)N[C@H]1COc2ccccc2N(C(C)C(=O)O)C1=O. The van der Waals surface area contributed by atoms with Gasteiger partial charge < -0.3 is 14.6 Å². The minimum Gasteiger partial charge on any atom is -0.489 e. The lowest BCUT2D eigenvalue weighted by Crippen LogP contribution is -2.56. The van der Waals surface area contributed by atoms with Crippen LogP contribution in [0.4, 0.5) is 5.69 Å². The topological polar surface area (TPSA) is 105 Å². The van der Waals surface area contributed by atoms with Crippen molar-refractivity contribution in [3.8, 4) is 5.75 Å². The van der Waals surface area contributed by atoms with Crippen molar-refractivity contribution in [3.63, 3.8) is 0 Å². The molecule has 3 rings (SSSR count). The Morgan fingerprint density at radius 3 is 2.66 bits per heavy atom. The predicted octanol–water partition coefficient (Wildman–Crippen LogP) is 3.14. The Balaban J connectivity index is 1.79. The first-order chi connectivity index (χ1) is 15.4. The Hall–Kier alpha value is -2.61. The van der Waals surface area contributed by atoms with Gasteiger partial charge in [-0.2, -0.15) is 0 Å². The first-order valence-electron chi connectivity index (χ1n) is 11.6. The summed E-state index contributed by atoms with van der Waals surface area (Å²) in [6.07, 6.45) is 7.49. The second-order valence-electron chi connectivity index (χ2n) is 8.61. The van der Waals surface area contributed by atoms with Crippen molar-refractivity contribution >= 4 is 23.5 Å². The standard InChI is InChI=1S/C24H34N2O6/c1-3-31-24(30)18(14-13-17-9-5-4-6-10-17)25-19-15-32-21-12-8-7-11-20(21)26(22(19)27)16(2)23(28)29/h7-8,11-12,16-19,25H,3-6,9-10,13-15H2,1-2H3,(H,28,29)/t16?,18?,19-/m0/s1. The molecule has 0 bridgehead atoms. The highest BCUT2D eigenvalue weighted by molar-refractivity contribution is 6.03. The molecule has 1 aromatic carbocycles. The molecule has 2 unspecified atom stereocenters. The van der Waals surface area contributed by atoms with Crippen LogP contribution in [0, 0.1) is 5.92 Å². The molecule has 0 saturated heterocycles. The van der Waals surface area contributed by atoms with E-state index >= 15 is 0 Å². The van der Waals surface area contributed by atoms with Gasteiger partial charge in [-0.3, -0.25) is 19.8 Å². The molecule has 8 nitrogen and oxygen atoms in total. The Kier molecular flexibility index (Phi) is 8.50. The number of benzene rings is 1. The van der Waals surface area contributed by atoms with E-state index in [-0.39, 0.29) is 13.2 Å². The molecule has 1 aliphatic heterocycles. The van der Waals surface area contributed by atoms with Gasteiger partial charge >= 0.3 is 11.9 Å². The highest BCUT2D eigenvalue weighted by Crippen LogP contribution is 2.33. The summed E-state index contributed by atoms with van der Waals surface area (Å²) in [5, 5.41) is 12.7. The molecule has 0 aromatic heterocycles. The summed E-state index contributed by atoms with van der Waals surface area (Å²) in [6.45, 7) is 3.47. The van der Waals surface area contributed by atoms with Gasteiger partial charge in [0, 0.05) is 0 Å². The van der Waals surface area contributed by atoms with E-state index in [2.05, 4.69) is 5.32 Å². The number of rotatable bonds is 9. The number of ether oxygens (including phenoxy) is 2. The van der Waals surface area contributed by atoms with Crippen molar-refractivity contribution in [2.75, 3.05) is 18.1 Å². The number of hydrogen-bond donors (Lipinski definition) is 2. The Bertz CT molecular complexity index is 807. The number of para-hydroxylation sites is 2. The molecular formula is C24H34N2O6. The van der Waals surface area contributed by atoms with Gasteiger partial charge in [0.1, 0.15) is 30.5 Å². The van der Waals surface area contributed by atoms with E-state index in [1.807, 2.05) is 0 Å². The van der Waals surface area contributed by atoms with Gasteiger partial charge in [0.15, 0.2) is 0 Å². The molecule has 2 N–H and O–H groups in total. The maximum Gasteiger partial charge on any atom is 0.326 e. The van der Waals surface area contributed by atoms with E-state index in [9.17, 15) is 19.5 Å². The van der Waals surface area contributed by atoms with Gasteiger partial charge in [0.2, 0.25) is 5.91 Å². The zero-order chi connectivity index (χ0) is 23.1. The molecule has 2 aliphatic rings. The molecular weight excluding hydrogens is 412 g/mol. The van der Waals surface area contributed by atoms with Crippen LogP contribution in [0.3, 0.4) is 0 Å². The fourth-order valence-corrected chi connectivity index (χ4v) is 4.57. The van der Waals surface area contributed by atoms with Crippen LogP contribution in [0.5, 0.6) is 5.75 Å². The normalized spacial score (nSPS) is 21.1. The largest absolute Gasteiger partial charge is 0.489 e. The molecule has 1 fully saturated rings. The lowest BCUT2D eigenvalue weighted by Gasteiger charge is -2.30. The summed E-state index contributed by atoms with van der Waals surface area (Å²) >= 11 is 0. The number of amides is 1. The molecule has 1 saturated carbocycles. The van der Waals surface area contributed by atoms with Gasteiger partial charge in [0.25, 0.3) is 0 Å². The van der Waals surface area contributed by atoms with Crippen LogP contribution in [0.2, 0.25) is 0 Å². The Labute approximate surface area is 189 Å². The fourth-order valence-electron chi connectivity index (χ4n) is 4.57. The molecule has 0 spiro atoms. The number of carboxylic acid groups (broad SMARTS) is 1. The molecule has 1 aromatic rings. The number of anilines is 1. The van der Waals surface area contributed by atoms with Gasteiger partial charge in [-0.1, -0.05) is 44.2 Å². The third kappa shape index (κ3) is 5.79. The summed E-state index contributed by atoms with van der Waals surface area (Å²) in [5.41, 5.74) is 0.409. The van der Waals surface area contributed by atoms with Crippen LogP contribution in [0.25, 0.3) is 0 Å². The quantitative estimate of drug-likeness (QED) is 0.562. The number of carbonyl (C=O) groups excluding carboxylic acids is 2. The van der Waals surface area contributed by atoms with Crippen LogP contribution >= 0.6 is 0 Å². The second-order valence-corrected chi connectivity index (χ2v) is 8.61. The summed E-state index contributed by atoms with van der Waals surface area (Å²) in [4.78, 5) is 39.1. The van der Waals surface area contributed by atoms with Crippen molar-refractivity contribution < 1.29 is 29.0 Å². The number of carboxylic acids is 1. The van der Waals surface area contributed by atoms with Crippen molar-refractivity contribution in [2.45, 2.75) is 76.9 Å². The summed E-state index contributed by atoms with van der Waals surface area (Å²) < 4.78 is 11.1. The van der Waals surface area contributed by atoms with Gasteiger partial charge in [-0.15, -0.1) is 0 Å². The van der Waals surface area contributed by atoms with Gasteiger partial charge in [0.05, 0.1) is 12.3 Å². The molecule has 1 heterocycles. The van der Waals surface area contributed by atoms with Crippen LogP contribution in [0.1, 0.15) is 58.8 Å². The maximum atomic E-state index is 13.4. The fraction of sp³-hybridized carbons (Fsp3) is 0.625. The van der Waals surface area contributed by atoms with Crippen LogP contribution in [-0.2, 0) is 19.1 Å². The average Bonchev–Trinajstić information content (AvgIpc) is 2.93. The van der Waals surface area contributed by atoms with Crippen molar-refractivity contribution in [3.05, 3.63) is 24.3 Å². The number of fused-ring (bicyclic) bond motifs is 1. The van der Waals surface area contributed by atoms with Gasteiger partial charge in [-0.05, 0) is 44.7 Å². The van der Waals surface area contributed by atoms with Crippen LogP contribution in [0.15, 0.2) is 24.3 Å². The van der Waals surface area contributed by atoms with E-state index in [0.717, 1.165) is 6.42 Å². The van der Waals surface area contributed by atoms with E-state index in [0.29, 0.717) is 23.8 Å². The highest BCUT2D eigenvalue weighted by atomic mass is 16.5. The number of nitrogens with one attached hydrogen (secondary N) is 1. The van der Waals surface area contributed by atoms with Crippen LogP contribution < -0.4 is 15.0 Å². The smallest absolute Gasteiger partial charge is 0.326 e. The maximum absolute atomic E-state index is 13.4. The summed E-state index contributed by atoms with van der Waals surface area (Å²) in [5.74, 6) is -0.926. The van der Waals surface area contributed by atoms with E-state index in [4.69, 9.17) is 9.47 Å². The molecule has 32 heavy (non-hydrogen) atoms. The minimum atomic E-state index is -1.12. The van der Waals surface area contributed by atoms with Gasteiger partial charge in [-0.25, -0.2) is 4.79 Å². The van der Waals surface area contributed by atoms with E-state index in [1.165, 1.54) is 43.9 Å². The lowest BCUT2D eigenvalue weighted by molar-refractivity contribution is -0.146. The summed E-state index contributed by atoms with van der Waals surface area (Å²) in [6, 6.07) is 4.27. The number of aliphatic carboxylic acids is 1. The number of carbonyl (C=O) groups is 3. The molecule has 1 amide bonds. The van der Waals surface area contributed by atoms with E-state index < -0.39 is 36.0 Å². The van der Waals surface area contributed by atoms with Crippen molar-refractivity contribution in [1.82, 2.24) is 5.32 Å². The summed E-state index contributed by atoms with van der Waals surface area (Å²) in [7, 11) is 0. The lowest BCUT2D eigenvalue weighted by atomic mass is 9.85. The Morgan fingerprint density at radius 2 is 1.97 bits per heavy atom. The molecule has 1 aliphatic carbocycles. The zero-order valence-corrected chi connectivity index (χ0v) is 18.9. The zero-order valence-electron chi connectivity index (χ0n) is 18.9. The second kappa shape index (κ2) is 11.3. The average molecular weight is 447 g/mol. The predicted molar refractivity (Wildman–Crippen MR) is 120 cm³/mol. The van der Waals surface area contributed by atoms with E-state index in [1.54, 1.807) is 31.2 Å². The first-order valence-corrected chi connectivity index (χ1v) is 11.6. The molecule has 0 radical (unpaired) electrons. The number of esters is 1.